The van der Waals surface area contributed by atoms with Crippen LogP contribution in [0.25, 0.3) is 17.0 Å². The highest BCUT2D eigenvalue weighted by Gasteiger charge is 2.32. The van der Waals surface area contributed by atoms with Gasteiger partial charge in [-0.05, 0) is 69.7 Å². The second kappa shape index (κ2) is 13.0. The summed E-state index contributed by atoms with van der Waals surface area (Å²) in [5.74, 6) is 0.0345. The van der Waals surface area contributed by atoms with Crippen LogP contribution in [0.3, 0.4) is 0 Å². The van der Waals surface area contributed by atoms with Gasteiger partial charge in [0.05, 0.1) is 35.1 Å². The Morgan fingerprint density at radius 1 is 0.957 bits per heavy atom. The molecule has 6 rings (SSSR count). The van der Waals surface area contributed by atoms with E-state index in [2.05, 4.69) is 5.32 Å². The Morgan fingerprint density at radius 2 is 1.67 bits per heavy atom. The first-order valence-electron chi connectivity index (χ1n) is 15.2. The van der Waals surface area contributed by atoms with Gasteiger partial charge in [-0.3, -0.25) is 19.0 Å². The summed E-state index contributed by atoms with van der Waals surface area (Å²) in [5, 5.41) is 3.90. The molecule has 9 nitrogen and oxygen atoms in total. The highest BCUT2D eigenvalue weighted by atomic mass is 32.1. The number of nitrogens with zero attached hydrogens (tertiary/aromatic N) is 3. The van der Waals surface area contributed by atoms with Gasteiger partial charge < -0.3 is 19.4 Å². The highest BCUT2D eigenvalue weighted by molar-refractivity contribution is 7.07. The molecule has 1 amide bonds. The molecule has 0 saturated carbocycles. The molecule has 46 heavy (non-hydrogen) atoms. The van der Waals surface area contributed by atoms with E-state index >= 15 is 0 Å². The van der Waals surface area contributed by atoms with Gasteiger partial charge >= 0.3 is 5.97 Å². The largest absolute Gasteiger partial charge is 0.494 e. The van der Waals surface area contributed by atoms with Crippen molar-refractivity contribution < 1.29 is 19.1 Å². The van der Waals surface area contributed by atoms with Crippen LogP contribution >= 0.6 is 11.3 Å². The number of aromatic nitrogens is 2. The molecule has 1 aliphatic heterocycles. The van der Waals surface area contributed by atoms with Crippen molar-refractivity contribution in [3.63, 3.8) is 0 Å². The number of hydrogen-bond acceptors (Lipinski definition) is 7. The minimum Gasteiger partial charge on any atom is -0.494 e. The molecule has 0 bridgehead atoms. The molecular weight excluding hydrogens is 600 g/mol. The fourth-order valence-corrected chi connectivity index (χ4v) is 6.90. The second-order valence-corrected chi connectivity index (χ2v) is 11.8. The first-order valence-corrected chi connectivity index (χ1v) is 16.0. The van der Waals surface area contributed by atoms with Crippen molar-refractivity contribution in [2.24, 2.45) is 4.99 Å². The normalized spacial score (nSPS) is 14.6. The summed E-state index contributed by atoms with van der Waals surface area (Å²) in [4.78, 5) is 45.9. The Morgan fingerprint density at radius 3 is 2.39 bits per heavy atom. The first-order chi connectivity index (χ1) is 22.3. The third-order valence-electron chi connectivity index (χ3n) is 7.95. The molecule has 0 unspecified atom stereocenters. The molecule has 2 aromatic heterocycles. The van der Waals surface area contributed by atoms with Crippen molar-refractivity contribution in [2.45, 2.75) is 40.3 Å². The number of ether oxygens (including phenoxy) is 2. The number of carbonyl (C=O) groups is 2. The van der Waals surface area contributed by atoms with E-state index in [0.717, 1.165) is 27.7 Å². The molecule has 0 spiro atoms. The Bertz CT molecular complexity index is 2160. The number of hydrogen-bond donors (Lipinski definition) is 1. The van der Waals surface area contributed by atoms with Crippen molar-refractivity contribution in [1.29, 1.82) is 0 Å². The zero-order chi connectivity index (χ0) is 32.4. The molecule has 1 N–H and O–H groups in total. The van der Waals surface area contributed by atoms with Crippen LogP contribution in [-0.4, -0.2) is 34.2 Å². The maximum absolute atomic E-state index is 14.3. The van der Waals surface area contributed by atoms with Gasteiger partial charge in [-0.1, -0.05) is 59.9 Å². The number of benzene rings is 3. The van der Waals surface area contributed by atoms with Crippen LogP contribution in [0.5, 0.6) is 5.75 Å². The van der Waals surface area contributed by atoms with Crippen molar-refractivity contribution >= 4 is 45.9 Å². The predicted molar refractivity (Wildman–Crippen MR) is 180 cm³/mol. The van der Waals surface area contributed by atoms with E-state index in [1.807, 2.05) is 103 Å². The van der Waals surface area contributed by atoms with E-state index in [4.69, 9.17) is 14.5 Å². The van der Waals surface area contributed by atoms with Crippen molar-refractivity contribution in [2.75, 3.05) is 18.5 Å². The van der Waals surface area contributed by atoms with Crippen molar-refractivity contribution in [1.82, 2.24) is 9.13 Å². The molecule has 0 fully saturated rings. The number of allylic oxidation sites excluding steroid dienone is 1. The summed E-state index contributed by atoms with van der Waals surface area (Å²) in [6.45, 7) is 8.31. The van der Waals surface area contributed by atoms with Crippen molar-refractivity contribution in [3.8, 4) is 5.75 Å². The summed E-state index contributed by atoms with van der Waals surface area (Å²) < 4.78 is 14.9. The first kappa shape index (κ1) is 30.8. The Hall–Kier alpha value is -5.22. The van der Waals surface area contributed by atoms with Gasteiger partial charge in [-0.25, -0.2) is 4.99 Å². The third-order valence-corrected chi connectivity index (χ3v) is 8.94. The zero-order valence-corrected chi connectivity index (χ0v) is 26.9. The van der Waals surface area contributed by atoms with E-state index < -0.39 is 6.04 Å². The number of esters is 1. The number of fused-ring (bicyclic) bond motifs is 2. The summed E-state index contributed by atoms with van der Waals surface area (Å²) in [6.07, 6.45) is 1.86. The Labute approximate surface area is 269 Å². The van der Waals surface area contributed by atoms with Gasteiger partial charge in [-0.15, -0.1) is 0 Å². The summed E-state index contributed by atoms with van der Waals surface area (Å²) in [7, 11) is 0. The third kappa shape index (κ3) is 5.79. The van der Waals surface area contributed by atoms with Gasteiger partial charge in [0.2, 0.25) is 0 Å². The minimum atomic E-state index is -0.718. The summed E-state index contributed by atoms with van der Waals surface area (Å²) in [5.41, 5.74) is 4.59. The fraction of sp³-hybridized carbons (Fsp3) is 0.222. The van der Waals surface area contributed by atoms with Crippen LogP contribution < -0.4 is 24.9 Å². The molecule has 3 aromatic carbocycles. The van der Waals surface area contributed by atoms with Crippen LogP contribution in [0.1, 0.15) is 43.6 Å². The Balaban J connectivity index is 1.51. The monoisotopic (exact) mass is 634 g/mol. The number of anilines is 1. The zero-order valence-electron chi connectivity index (χ0n) is 26.1. The number of rotatable bonds is 9. The SMILES string of the molecule is CCOC(=O)Cn1c(C)c(/C=c2\sc3n(c2=O)[C@@H](c2ccc(OCC)cc2)C(C(=O)Nc2ccccc2)=C(C)N=3)c2ccccc21. The second-order valence-electron chi connectivity index (χ2n) is 10.8. The van der Waals surface area contributed by atoms with Gasteiger partial charge in [-0.2, -0.15) is 0 Å². The lowest BCUT2D eigenvalue weighted by molar-refractivity contribution is -0.143. The maximum atomic E-state index is 14.3. The maximum Gasteiger partial charge on any atom is 0.325 e. The molecule has 1 atom stereocenters. The summed E-state index contributed by atoms with van der Waals surface area (Å²) in [6, 6.07) is 23.7. The lowest BCUT2D eigenvalue weighted by atomic mass is 9.95. The average molecular weight is 635 g/mol. The molecule has 0 radical (unpaired) electrons. The predicted octanol–water partition coefficient (Wildman–Crippen LogP) is 5.10. The van der Waals surface area contributed by atoms with Crippen LogP contribution in [-0.2, 0) is 20.9 Å². The van der Waals surface area contributed by atoms with E-state index in [9.17, 15) is 14.4 Å². The molecule has 0 saturated heterocycles. The molecular formula is C36H34N4O5S. The number of carbonyl (C=O) groups excluding carboxylic acids is 2. The van der Waals surface area contributed by atoms with E-state index in [-0.39, 0.29) is 24.0 Å². The molecule has 1 aliphatic rings. The van der Waals surface area contributed by atoms with Gasteiger partial charge in [0.1, 0.15) is 12.3 Å². The van der Waals surface area contributed by atoms with E-state index in [1.54, 1.807) is 18.4 Å². The lowest BCUT2D eigenvalue weighted by Crippen LogP contribution is -2.40. The van der Waals surface area contributed by atoms with Gasteiger partial charge in [0, 0.05) is 27.8 Å². The van der Waals surface area contributed by atoms with Crippen LogP contribution in [0.15, 0.2) is 99.9 Å². The molecule has 10 heteroatoms. The smallest absolute Gasteiger partial charge is 0.325 e. The van der Waals surface area contributed by atoms with E-state index in [0.29, 0.717) is 45.3 Å². The standard InChI is InChI=1S/C36H34N4O5S/c1-5-44-26-18-16-24(17-19-26)33-32(34(42)38-25-12-8-7-9-13-25)22(3)37-36-40(33)35(43)30(46-36)20-28-23(4)39(21-31(41)45-6-2)29-15-11-10-14-27(28)29/h7-20,33H,5-6,21H2,1-4H3,(H,38,42)/b30-20-/t33-/m0/s1. The lowest BCUT2D eigenvalue weighted by Gasteiger charge is -2.25. The minimum absolute atomic E-state index is 0.0616. The van der Waals surface area contributed by atoms with Crippen LogP contribution in [0.4, 0.5) is 5.69 Å². The average Bonchev–Trinajstić information content (AvgIpc) is 3.49. The quantitative estimate of drug-likeness (QED) is 0.227. The molecule has 3 heterocycles. The van der Waals surface area contributed by atoms with Crippen molar-refractivity contribution in [3.05, 3.63) is 127 Å². The highest BCUT2D eigenvalue weighted by Crippen LogP contribution is 2.32. The molecule has 5 aromatic rings. The van der Waals surface area contributed by atoms with Gasteiger partial charge in [0.15, 0.2) is 4.80 Å². The number of nitrogens with one attached hydrogen (secondary N) is 1. The topological polar surface area (TPSA) is 104 Å². The Kier molecular flexibility index (Phi) is 8.72. The number of para-hydroxylation sites is 2. The number of amides is 1. The fourth-order valence-electron chi connectivity index (χ4n) is 5.87. The number of thiazole rings is 1. The molecule has 234 valence electrons. The van der Waals surface area contributed by atoms with Crippen LogP contribution in [0, 0.1) is 6.92 Å². The molecule has 0 aliphatic carbocycles. The van der Waals surface area contributed by atoms with E-state index in [1.165, 1.54) is 11.3 Å². The van der Waals surface area contributed by atoms with Crippen LogP contribution in [0.2, 0.25) is 0 Å². The van der Waals surface area contributed by atoms with Gasteiger partial charge in [0.25, 0.3) is 11.5 Å². The summed E-state index contributed by atoms with van der Waals surface area (Å²) >= 11 is 1.27.